The van der Waals surface area contributed by atoms with E-state index in [0.29, 0.717) is 12.1 Å². The van der Waals surface area contributed by atoms with E-state index in [1.54, 1.807) is 12.3 Å². The zero-order valence-corrected chi connectivity index (χ0v) is 9.99. The van der Waals surface area contributed by atoms with Crippen LogP contribution in [0.4, 0.5) is 0 Å². The number of amides is 1. The van der Waals surface area contributed by atoms with Crippen LogP contribution >= 0.6 is 15.9 Å². The van der Waals surface area contributed by atoms with E-state index in [0.717, 1.165) is 10.2 Å². The average Bonchev–Trinajstić information content (AvgIpc) is 2.79. The molecule has 0 aliphatic rings. The molecule has 1 amide bonds. The Morgan fingerprint density at radius 2 is 2.19 bits per heavy atom. The lowest BCUT2D eigenvalue weighted by Crippen LogP contribution is -2.23. The van der Waals surface area contributed by atoms with Crippen molar-refractivity contribution in [2.45, 2.75) is 6.54 Å². The molecular weight excluding hydrogens is 270 g/mol. The molecule has 0 saturated heterocycles. The van der Waals surface area contributed by atoms with Crippen molar-refractivity contribution in [3.8, 4) is 0 Å². The number of aromatic amines is 1. The number of halogens is 1. The van der Waals surface area contributed by atoms with Gasteiger partial charge >= 0.3 is 0 Å². The van der Waals surface area contributed by atoms with E-state index in [-0.39, 0.29) is 5.91 Å². The molecule has 2 aromatic rings. The van der Waals surface area contributed by atoms with Crippen molar-refractivity contribution >= 4 is 21.8 Å². The van der Waals surface area contributed by atoms with Crippen LogP contribution in [0.2, 0.25) is 0 Å². The third-order valence-corrected chi connectivity index (χ3v) is 2.81. The minimum absolute atomic E-state index is 0.109. The maximum absolute atomic E-state index is 11.8. The summed E-state index contributed by atoms with van der Waals surface area (Å²) in [5.74, 6) is -0.109. The lowest BCUT2D eigenvalue weighted by molar-refractivity contribution is 0.0949. The van der Waals surface area contributed by atoms with Crippen LogP contribution in [0.5, 0.6) is 0 Å². The molecule has 16 heavy (non-hydrogen) atoms. The summed E-state index contributed by atoms with van der Waals surface area (Å²) < 4.78 is 0.789. The second-order valence-electron chi connectivity index (χ2n) is 3.24. The predicted molar refractivity (Wildman–Crippen MR) is 63.9 cm³/mol. The summed E-state index contributed by atoms with van der Waals surface area (Å²) in [6.07, 6.45) is 1.65. The van der Waals surface area contributed by atoms with Gasteiger partial charge in [-0.25, -0.2) is 0 Å². The average molecular weight is 280 g/mol. The van der Waals surface area contributed by atoms with Crippen LogP contribution in [0.15, 0.2) is 41.0 Å². The molecule has 2 N–H and O–H groups in total. The number of H-pyrrole nitrogens is 1. The first kappa shape index (κ1) is 10.9. The Morgan fingerprint density at radius 3 is 2.88 bits per heavy atom. The molecule has 0 aliphatic carbocycles. The molecule has 0 saturated carbocycles. The second-order valence-corrected chi connectivity index (χ2v) is 4.10. The van der Waals surface area contributed by atoms with E-state index in [2.05, 4.69) is 31.4 Å². The lowest BCUT2D eigenvalue weighted by Gasteiger charge is -2.05. The van der Waals surface area contributed by atoms with Crippen LogP contribution in [0, 0.1) is 0 Å². The highest BCUT2D eigenvalue weighted by molar-refractivity contribution is 9.10. The summed E-state index contributed by atoms with van der Waals surface area (Å²) in [5.41, 5.74) is 1.50. The molecule has 2 rings (SSSR count). The number of hydrogen-bond acceptors (Lipinski definition) is 2. The van der Waals surface area contributed by atoms with Crippen molar-refractivity contribution in [1.82, 2.24) is 15.5 Å². The minimum Gasteiger partial charge on any atom is -0.346 e. The Kier molecular flexibility index (Phi) is 3.36. The summed E-state index contributed by atoms with van der Waals surface area (Å²) in [4.78, 5) is 11.8. The molecule has 5 heteroatoms. The number of hydrogen-bond donors (Lipinski definition) is 2. The summed E-state index contributed by atoms with van der Waals surface area (Å²) in [6, 6.07) is 9.13. The topological polar surface area (TPSA) is 57.8 Å². The fourth-order valence-electron chi connectivity index (χ4n) is 1.30. The molecule has 1 aromatic heterocycles. The van der Waals surface area contributed by atoms with E-state index < -0.39 is 0 Å². The third kappa shape index (κ3) is 2.49. The van der Waals surface area contributed by atoms with Gasteiger partial charge in [0.1, 0.15) is 0 Å². The highest BCUT2D eigenvalue weighted by Gasteiger charge is 2.08. The molecule has 0 atom stereocenters. The molecule has 0 radical (unpaired) electrons. The van der Waals surface area contributed by atoms with Crippen LogP contribution in [0.1, 0.15) is 16.1 Å². The van der Waals surface area contributed by atoms with Crippen molar-refractivity contribution in [3.63, 3.8) is 0 Å². The first-order valence-corrected chi connectivity index (χ1v) is 5.57. The standard InChI is InChI=1S/C11H10BrN3O/c12-10-4-2-1-3-9(10)11(16)13-7-8-5-6-14-15-8/h1-6H,7H2,(H,13,16)(H,14,15). The molecular formula is C11H10BrN3O. The molecule has 0 fully saturated rings. The smallest absolute Gasteiger partial charge is 0.252 e. The second kappa shape index (κ2) is 4.94. The molecule has 1 aromatic carbocycles. The lowest BCUT2D eigenvalue weighted by atomic mass is 10.2. The fraction of sp³-hybridized carbons (Fsp3) is 0.0909. The molecule has 4 nitrogen and oxygen atoms in total. The fourth-order valence-corrected chi connectivity index (χ4v) is 1.76. The summed E-state index contributed by atoms with van der Waals surface area (Å²) in [7, 11) is 0. The van der Waals surface area contributed by atoms with Gasteiger partial charge < -0.3 is 5.32 Å². The highest BCUT2D eigenvalue weighted by Crippen LogP contribution is 2.15. The van der Waals surface area contributed by atoms with Crippen LogP contribution < -0.4 is 5.32 Å². The summed E-state index contributed by atoms with van der Waals surface area (Å²) in [5, 5.41) is 9.39. The van der Waals surface area contributed by atoms with Gasteiger partial charge in [-0.3, -0.25) is 9.89 Å². The number of rotatable bonds is 3. The van der Waals surface area contributed by atoms with Crippen LogP contribution in [0.25, 0.3) is 0 Å². The quantitative estimate of drug-likeness (QED) is 0.904. The normalized spacial score (nSPS) is 10.1. The first-order valence-electron chi connectivity index (χ1n) is 4.78. The maximum atomic E-state index is 11.8. The Morgan fingerprint density at radius 1 is 1.38 bits per heavy atom. The van der Waals surface area contributed by atoms with Gasteiger partial charge in [-0.1, -0.05) is 12.1 Å². The Bertz CT molecular complexity index is 482. The van der Waals surface area contributed by atoms with Crippen molar-refractivity contribution in [3.05, 3.63) is 52.3 Å². The number of nitrogens with one attached hydrogen (secondary N) is 2. The van der Waals surface area contributed by atoms with Gasteiger partial charge in [-0.15, -0.1) is 0 Å². The highest BCUT2D eigenvalue weighted by atomic mass is 79.9. The monoisotopic (exact) mass is 279 g/mol. The van der Waals surface area contributed by atoms with Crippen LogP contribution in [-0.4, -0.2) is 16.1 Å². The van der Waals surface area contributed by atoms with E-state index in [1.807, 2.05) is 24.3 Å². The number of benzene rings is 1. The van der Waals surface area contributed by atoms with Gasteiger partial charge in [0.2, 0.25) is 0 Å². The minimum atomic E-state index is -0.109. The van der Waals surface area contributed by atoms with E-state index in [9.17, 15) is 4.79 Å². The van der Waals surface area contributed by atoms with Crippen LogP contribution in [0.3, 0.4) is 0 Å². The van der Waals surface area contributed by atoms with Gasteiger partial charge in [-0.05, 0) is 34.1 Å². The molecule has 0 aliphatic heterocycles. The van der Waals surface area contributed by atoms with Crippen molar-refractivity contribution in [2.75, 3.05) is 0 Å². The number of carbonyl (C=O) groups is 1. The SMILES string of the molecule is O=C(NCc1ccn[nH]1)c1ccccc1Br. The zero-order valence-electron chi connectivity index (χ0n) is 8.40. The first-order chi connectivity index (χ1) is 7.77. The van der Waals surface area contributed by atoms with E-state index in [4.69, 9.17) is 0 Å². The molecule has 0 unspecified atom stereocenters. The maximum Gasteiger partial charge on any atom is 0.252 e. The summed E-state index contributed by atoms with van der Waals surface area (Å²) >= 11 is 3.33. The van der Waals surface area contributed by atoms with Crippen molar-refractivity contribution < 1.29 is 4.79 Å². The molecule has 82 valence electrons. The van der Waals surface area contributed by atoms with Crippen LogP contribution in [-0.2, 0) is 6.54 Å². The third-order valence-electron chi connectivity index (χ3n) is 2.12. The molecule has 0 bridgehead atoms. The largest absolute Gasteiger partial charge is 0.346 e. The van der Waals surface area contributed by atoms with Crippen molar-refractivity contribution in [2.24, 2.45) is 0 Å². The van der Waals surface area contributed by atoms with Crippen molar-refractivity contribution in [1.29, 1.82) is 0 Å². The molecule has 1 heterocycles. The van der Waals surface area contributed by atoms with E-state index in [1.165, 1.54) is 0 Å². The van der Waals surface area contributed by atoms with Gasteiger partial charge in [0, 0.05) is 10.7 Å². The Hall–Kier alpha value is -1.62. The Balaban J connectivity index is 2.01. The van der Waals surface area contributed by atoms with Gasteiger partial charge in [0.25, 0.3) is 5.91 Å². The number of carbonyl (C=O) groups excluding carboxylic acids is 1. The predicted octanol–water partition coefficient (Wildman–Crippen LogP) is 2.10. The number of nitrogens with zero attached hydrogens (tertiary/aromatic N) is 1. The van der Waals surface area contributed by atoms with Gasteiger partial charge in [-0.2, -0.15) is 5.10 Å². The van der Waals surface area contributed by atoms with Gasteiger partial charge in [0.05, 0.1) is 17.8 Å². The van der Waals surface area contributed by atoms with E-state index >= 15 is 0 Å². The number of aromatic nitrogens is 2. The van der Waals surface area contributed by atoms with Gasteiger partial charge in [0.15, 0.2) is 0 Å². The zero-order chi connectivity index (χ0) is 11.4. The Labute approximate surface area is 101 Å². The summed E-state index contributed by atoms with van der Waals surface area (Å²) in [6.45, 7) is 0.445. The molecule has 0 spiro atoms.